The van der Waals surface area contributed by atoms with E-state index in [0.717, 1.165) is 36.3 Å². The first-order chi connectivity index (χ1) is 15.4. The number of nitrogens with zero attached hydrogens (tertiary/aromatic N) is 3. The Bertz CT molecular complexity index is 1130. The highest BCUT2D eigenvalue weighted by Crippen LogP contribution is 2.30. The predicted molar refractivity (Wildman–Crippen MR) is 120 cm³/mol. The Hall–Kier alpha value is -2.93. The number of likely N-dealkylation sites (tertiary alicyclic amines) is 1. The SMILES string of the molecule is Cc1cc(S(=O)(=O)N(C(=O)OC(C)(C)C)c2cscn2)c(F)cc1NOC(=O)N1CCCC1. The summed E-state index contributed by atoms with van der Waals surface area (Å²) >= 11 is 1.06. The van der Waals surface area contributed by atoms with E-state index in [1.807, 2.05) is 0 Å². The Morgan fingerprint density at radius 2 is 1.91 bits per heavy atom. The minimum absolute atomic E-state index is 0.0662. The fourth-order valence-corrected chi connectivity index (χ4v) is 5.04. The number of sulfonamides is 1. The summed E-state index contributed by atoms with van der Waals surface area (Å²) in [5.41, 5.74) is 3.06. The number of hydrogen-bond acceptors (Lipinski definition) is 9. The molecule has 1 N–H and O–H groups in total. The molecule has 0 radical (unpaired) electrons. The number of hydrogen-bond donors (Lipinski definition) is 1. The van der Waals surface area contributed by atoms with E-state index >= 15 is 0 Å². The number of benzene rings is 1. The van der Waals surface area contributed by atoms with Gasteiger partial charge in [-0.3, -0.25) is 0 Å². The number of rotatable bonds is 5. The highest BCUT2D eigenvalue weighted by molar-refractivity contribution is 7.93. The van der Waals surface area contributed by atoms with Crippen LogP contribution in [0.15, 0.2) is 27.9 Å². The largest absolute Gasteiger partial charge is 0.443 e. The van der Waals surface area contributed by atoms with Gasteiger partial charge in [-0.2, -0.15) is 0 Å². The van der Waals surface area contributed by atoms with Crippen LogP contribution in [-0.2, 0) is 19.6 Å². The van der Waals surface area contributed by atoms with Crippen LogP contribution in [-0.4, -0.2) is 49.2 Å². The summed E-state index contributed by atoms with van der Waals surface area (Å²) in [6.07, 6.45) is -0.0684. The molecule has 33 heavy (non-hydrogen) atoms. The second-order valence-electron chi connectivity index (χ2n) is 8.36. The Balaban J connectivity index is 1.90. The maximum Gasteiger partial charge on any atom is 0.434 e. The van der Waals surface area contributed by atoms with Gasteiger partial charge in [0.15, 0.2) is 5.82 Å². The zero-order chi connectivity index (χ0) is 24.4. The highest BCUT2D eigenvalue weighted by Gasteiger charge is 2.38. The average Bonchev–Trinajstić information content (AvgIpc) is 3.40. The average molecular weight is 501 g/mol. The summed E-state index contributed by atoms with van der Waals surface area (Å²) in [6, 6.07) is 1.92. The summed E-state index contributed by atoms with van der Waals surface area (Å²) in [6.45, 7) is 7.37. The molecule has 3 rings (SSSR count). The van der Waals surface area contributed by atoms with Crippen molar-refractivity contribution in [3.63, 3.8) is 0 Å². The van der Waals surface area contributed by atoms with E-state index < -0.39 is 38.5 Å². The zero-order valence-electron chi connectivity index (χ0n) is 18.6. The Labute approximate surface area is 195 Å². The summed E-state index contributed by atoms with van der Waals surface area (Å²) in [7, 11) is -4.73. The van der Waals surface area contributed by atoms with Gasteiger partial charge in [-0.1, -0.05) is 0 Å². The molecule has 0 bridgehead atoms. The number of carbonyl (C=O) groups is 2. The van der Waals surface area contributed by atoms with Crippen LogP contribution in [0.4, 0.5) is 25.5 Å². The molecule has 1 aromatic heterocycles. The van der Waals surface area contributed by atoms with E-state index in [1.54, 1.807) is 20.8 Å². The van der Waals surface area contributed by atoms with Gasteiger partial charge in [0.2, 0.25) is 0 Å². The summed E-state index contributed by atoms with van der Waals surface area (Å²) < 4.78 is 47.2. The fraction of sp³-hybridized carbons (Fsp3) is 0.450. The molecule has 1 fully saturated rings. The quantitative estimate of drug-likeness (QED) is 0.605. The van der Waals surface area contributed by atoms with Crippen molar-refractivity contribution >= 4 is 45.1 Å². The first kappa shape index (κ1) is 24.7. The van der Waals surface area contributed by atoms with Crippen molar-refractivity contribution in [1.29, 1.82) is 0 Å². The van der Waals surface area contributed by atoms with E-state index in [0.29, 0.717) is 17.4 Å². The van der Waals surface area contributed by atoms with Crippen LogP contribution < -0.4 is 9.79 Å². The smallest absolute Gasteiger partial charge is 0.434 e. The van der Waals surface area contributed by atoms with Crippen LogP contribution in [0.25, 0.3) is 0 Å². The van der Waals surface area contributed by atoms with Gasteiger partial charge in [0.05, 0.1) is 11.2 Å². The minimum atomic E-state index is -4.73. The molecular formula is C20H25FN4O6S2. The lowest BCUT2D eigenvalue weighted by Crippen LogP contribution is -2.41. The van der Waals surface area contributed by atoms with Crippen molar-refractivity contribution in [2.75, 3.05) is 22.9 Å². The number of halogens is 1. The third-order valence-electron chi connectivity index (χ3n) is 4.60. The van der Waals surface area contributed by atoms with Crippen LogP contribution >= 0.6 is 11.3 Å². The van der Waals surface area contributed by atoms with Crippen LogP contribution in [0.2, 0.25) is 0 Å². The molecule has 2 aromatic rings. The van der Waals surface area contributed by atoms with Gasteiger partial charge in [0.1, 0.15) is 16.3 Å². The van der Waals surface area contributed by atoms with E-state index in [9.17, 15) is 22.4 Å². The lowest BCUT2D eigenvalue weighted by atomic mass is 10.2. The van der Waals surface area contributed by atoms with Crippen molar-refractivity contribution in [3.8, 4) is 0 Å². The predicted octanol–water partition coefficient (Wildman–Crippen LogP) is 4.28. The van der Waals surface area contributed by atoms with E-state index in [4.69, 9.17) is 9.57 Å². The number of aromatic nitrogens is 1. The molecule has 0 saturated carbocycles. The molecule has 10 nitrogen and oxygen atoms in total. The van der Waals surface area contributed by atoms with Gasteiger partial charge < -0.3 is 14.5 Å². The molecule has 1 aliphatic heterocycles. The van der Waals surface area contributed by atoms with Gasteiger partial charge in [-0.05, 0) is 52.2 Å². The zero-order valence-corrected chi connectivity index (χ0v) is 20.3. The lowest BCUT2D eigenvalue weighted by Gasteiger charge is -2.26. The number of amides is 2. The molecule has 0 atom stereocenters. The van der Waals surface area contributed by atoms with Gasteiger partial charge in [-0.25, -0.2) is 32.9 Å². The van der Waals surface area contributed by atoms with Gasteiger partial charge in [-0.15, -0.1) is 15.6 Å². The molecule has 1 aromatic carbocycles. The monoisotopic (exact) mass is 500 g/mol. The summed E-state index contributed by atoms with van der Waals surface area (Å²) in [5.74, 6) is -1.36. The fourth-order valence-electron chi connectivity index (χ4n) is 3.05. The maximum atomic E-state index is 15.0. The van der Waals surface area contributed by atoms with Crippen molar-refractivity contribution < 1.29 is 32.0 Å². The van der Waals surface area contributed by atoms with E-state index in [1.165, 1.54) is 22.7 Å². The van der Waals surface area contributed by atoms with Crippen molar-refractivity contribution in [1.82, 2.24) is 9.88 Å². The van der Waals surface area contributed by atoms with Crippen LogP contribution in [0.1, 0.15) is 39.2 Å². The molecule has 1 saturated heterocycles. The Kier molecular flexibility index (Phi) is 7.12. The Morgan fingerprint density at radius 3 is 2.48 bits per heavy atom. The van der Waals surface area contributed by atoms with E-state index in [2.05, 4.69) is 10.5 Å². The number of carbonyl (C=O) groups excluding carboxylic acids is 2. The molecule has 13 heteroatoms. The molecule has 0 aliphatic carbocycles. The van der Waals surface area contributed by atoms with Crippen LogP contribution in [0, 0.1) is 12.7 Å². The molecule has 180 valence electrons. The minimum Gasteiger partial charge on any atom is -0.443 e. The number of aryl methyl sites for hydroxylation is 1. The molecule has 0 unspecified atom stereocenters. The summed E-state index contributed by atoms with van der Waals surface area (Å²) in [5, 5.41) is 1.33. The first-order valence-corrected chi connectivity index (χ1v) is 12.5. The molecule has 2 heterocycles. The standard InChI is InChI=1S/C20H25FN4O6S2/c1-13-9-16(14(21)10-15(13)23-31-18(26)24-7-5-6-8-24)33(28,29)25(17-11-32-12-22-17)19(27)30-20(2,3)4/h9-12,23H,5-8H2,1-4H3. The normalized spacial score (nSPS) is 14.2. The Morgan fingerprint density at radius 1 is 1.24 bits per heavy atom. The van der Waals surface area contributed by atoms with Crippen molar-refractivity contribution in [2.24, 2.45) is 0 Å². The third-order valence-corrected chi connectivity index (χ3v) is 6.86. The second-order valence-corrected chi connectivity index (χ2v) is 10.8. The topological polar surface area (TPSA) is 118 Å². The van der Waals surface area contributed by atoms with Gasteiger partial charge >= 0.3 is 12.2 Å². The van der Waals surface area contributed by atoms with Crippen LogP contribution in [0.3, 0.4) is 0 Å². The second kappa shape index (κ2) is 9.51. The van der Waals surface area contributed by atoms with Gasteiger partial charge in [0, 0.05) is 24.5 Å². The highest BCUT2D eigenvalue weighted by atomic mass is 32.2. The molecular weight excluding hydrogens is 475 g/mol. The number of thiazole rings is 1. The van der Waals surface area contributed by atoms with Crippen molar-refractivity contribution in [2.45, 2.75) is 51.0 Å². The van der Waals surface area contributed by atoms with Crippen molar-refractivity contribution in [3.05, 3.63) is 34.4 Å². The number of nitrogens with one attached hydrogen (secondary N) is 1. The maximum absolute atomic E-state index is 15.0. The van der Waals surface area contributed by atoms with Crippen LogP contribution in [0.5, 0.6) is 0 Å². The lowest BCUT2D eigenvalue weighted by molar-refractivity contribution is 0.0608. The summed E-state index contributed by atoms with van der Waals surface area (Å²) in [4.78, 5) is 34.4. The molecule has 2 amide bonds. The number of anilines is 2. The van der Waals surface area contributed by atoms with E-state index in [-0.39, 0.29) is 17.1 Å². The number of ether oxygens (including phenoxy) is 1. The first-order valence-electron chi connectivity index (χ1n) is 10.1. The molecule has 1 aliphatic rings. The third kappa shape index (κ3) is 5.71. The van der Waals surface area contributed by atoms with Gasteiger partial charge in [0.25, 0.3) is 10.0 Å². The molecule has 0 spiro atoms.